The van der Waals surface area contributed by atoms with Gasteiger partial charge >= 0.3 is 5.69 Å². The maximum absolute atomic E-state index is 11.9. The van der Waals surface area contributed by atoms with Crippen LogP contribution < -0.4 is 11.2 Å². The summed E-state index contributed by atoms with van der Waals surface area (Å²) in [7, 11) is 1.48. The van der Waals surface area contributed by atoms with Gasteiger partial charge in [-0.3, -0.25) is 14.3 Å². The lowest BCUT2D eigenvalue weighted by molar-refractivity contribution is 0.824. The second kappa shape index (κ2) is 4.98. The lowest BCUT2D eigenvalue weighted by Crippen LogP contribution is -2.29. The van der Waals surface area contributed by atoms with E-state index in [0.29, 0.717) is 16.3 Å². The van der Waals surface area contributed by atoms with Crippen LogP contribution >= 0.6 is 23.2 Å². The number of benzene rings is 1. The highest BCUT2D eigenvalue weighted by atomic mass is 35.5. The smallest absolute Gasteiger partial charge is 0.279 e. The monoisotopic (exact) mass is 322 g/mol. The number of aromatic amines is 1. The van der Waals surface area contributed by atoms with E-state index in [1.54, 1.807) is 24.3 Å². The predicted octanol–water partition coefficient (Wildman–Crippen LogP) is 1.99. The summed E-state index contributed by atoms with van der Waals surface area (Å²) in [4.78, 5) is 33.9. The van der Waals surface area contributed by atoms with Crippen LogP contribution in [0.2, 0.25) is 10.2 Å². The SMILES string of the molecule is Cn1c(=O)[nH]c(=O)c2nc(-c3cccc(Cl)c3)c(Cl)nc21. The molecular formula is C13H8Cl2N4O2. The number of aromatic nitrogens is 4. The third-order valence-electron chi connectivity index (χ3n) is 2.99. The van der Waals surface area contributed by atoms with Gasteiger partial charge in [0.25, 0.3) is 5.56 Å². The molecule has 8 heteroatoms. The Balaban J connectivity index is 2.39. The molecular weight excluding hydrogens is 315 g/mol. The fourth-order valence-electron chi connectivity index (χ4n) is 1.95. The maximum atomic E-state index is 11.9. The third kappa shape index (κ3) is 2.32. The van der Waals surface area contributed by atoms with Gasteiger partial charge in [0.15, 0.2) is 16.3 Å². The van der Waals surface area contributed by atoms with Crippen LogP contribution in [0.25, 0.3) is 22.4 Å². The summed E-state index contributed by atoms with van der Waals surface area (Å²) in [5.74, 6) is 0. The van der Waals surface area contributed by atoms with Crippen LogP contribution in [-0.2, 0) is 7.05 Å². The molecule has 0 aliphatic rings. The molecule has 1 N–H and O–H groups in total. The van der Waals surface area contributed by atoms with Gasteiger partial charge in [-0.05, 0) is 12.1 Å². The van der Waals surface area contributed by atoms with E-state index >= 15 is 0 Å². The van der Waals surface area contributed by atoms with Crippen LogP contribution in [0.15, 0.2) is 33.9 Å². The minimum Gasteiger partial charge on any atom is -0.279 e. The van der Waals surface area contributed by atoms with Crippen molar-refractivity contribution in [3.05, 3.63) is 55.3 Å². The van der Waals surface area contributed by atoms with Gasteiger partial charge in [0, 0.05) is 17.6 Å². The molecule has 0 fully saturated rings. The number of nitrogens with one attached hydrogen (secondary N) is 1. The van der Waals surface area contributed by atoms with Crippen LogP contribution in [0.1, 0.15) is 0 Å². The van der Waals surface area contributed by atoms with E-state index in [9.17, 15) is 9.59 Å². The molecule has 0 spiro atoms. The van der Waals surface area contributed by atoms with Crippen molar-refractivity contribution in [2.24, 2.45) is 7.05 Å². The average molecular weight is 323 g/mol. The van der Waals surface area contributed by atoms with E-state index < -0.39 is 11.2 Å². The van der Waals surface area contributed by atoms with Gasteiger partial charge in [-0.1, -0.05) is 35.3 Å². The number of nitrogens with zero attached hydrogens (tertiary/aromatic N) is 3. The Morgan fingerprint density at radius 1 is 1.19 bits per heavy atom. The highest BCUT2D eigenvalue weighted by Crippen LogP contribution is 2.27. The molecule has 0 bridgehead atoms. The summed E-state index contributed by atoms with van der Waals surface area (Å²) in [6.07, 6.45) is 0. The molecule has 2 heterocycles. The normalized spacial score (nSPS) is 11.0. The molecule has 0 unspecified atom stereocenters. The largest absolute Gasteiger partial charge is 0.329 e. The highest BCUT2D eigenvalue weighted by Gasteiger charge is 2.14. The van der Waals surface area contributed by atoms with E-state index in [4.69, 9.17) is 23.2 Å². The Bertz CT molecular complexity index is 978. The summed E-state index contributed by atoms with van der Waals surface area (Å²) < 4.78 is 1.18. The molecule has 106 valence electrons. The molecule has 0 saturated carbocycles. The van der Waals surface area contributed by atoms with E-state index in [-0.39, 0.29) is 16.3 Å². The van der Waals surface area contributed by atoms with Gasteiger partial charge < -0.3 is 0 Å². The van der Waals surface area contributed by atoms with Crippen LogP contribution in [0.4, 0.5) is 0 Å². The van der Waals surface area contributed by atoms with Crippen LogP contribution in [0.5, 0.6) is 0 Å². The molecule has 0 aliphatic carbocycles. The topological polar surface area (TPSA) is 80.6 Å². The Morgan fingerprint density at radius 2 is 1.95 bits per heavy atom. The van der Waals surface area contributed by atoms with Gasteiger partial charge in [-0.2, -0.15) is 0 Å². The van der Waals surface area contributed by atoms with E-state index in [2.05, 4.69) is 15.0 Å². The number of fused-ring (bicyclic) bond motifs is 1. The van der Waals surface area contributed by atoms with Crippen LogP contribution in [-0.4, -0.2) is 19.5 Å². The van der Waals surface area contributed by atoms with Gasteiger partial charge in [0.05, 0.1) is 0 Å². The zero-order valence-electron chi connectivity index (χ0n) is 10.7. The molecule has 6 nitrogen and oxygen atoms in total. The average Bonchev–Trinajstić information content (AvgIpc) is 2.44. The van der Waals surface area contributed by atoms with Crippen molar-refractivity contribution in [2.45, 2.75) is 0 Å². The van der Waals surface area contributed by atoms with E-state index in [0.717, 1.165) is 0 Å². The Morgan fingerprint density at radius 3 is 2.67 bits per heavy atom. The molecule has 3 rings (SSSR count). The number of hydrogen-bond donors (Lipinski definition) is 1. The summed E-state index contributed by atoms with van der Waals surface area (Å²) >= 11 is 12.1. The molecule has 0 atom stereocenters. The summed E-state index contributed by atoms with van der Waals surface area (Å²) in [5.41, 5.74) is -0.0594. The van der Waals surface area contributed by atoms with Crippen molar-refractivity contribution >= 4 is 34.4 Å². The number of hydrogen-bond acceptors (Lipinski definition) is 4. The Labute approximate surface area is 128 Å². The van der Waals surface area contributed by atoms with Crippen molar-refractivity contribution in [3.8, 4) is 11.3 Å². The second-order valence-electron chi connectivity index (χ2n) is 4.36. The quantitative estimate of drug-likeness (QED) is 0.743. The van der Waals surface area contributed by atoms with Crippen LogP contribution in [0, 0.1) is 0 Å². The van der Waals surface area contributed by atoms with Crippen molar-refractivity contribution in [3.63, 3.8) is 0 Å². The number of H-pyrrole nitrogens is 1. The summed E-state index contributed by atoms with van der Waals surface area (Å²) in [6.45, 7) is 0. The first-order chi connectivity index (χ1) is 9.97. The molecule has 0 aliphatic heterocycles. The molecule has 3 aromatic rings. The molecule has 21 heavy (non-hydrogen) atoms. The van der Waals surface area contributed by atoms with Crippen LogP contribution in [0.3, 0.4) is 0 Å². The Hall–Kier alpha value is -2.18. The lowest BCUT2D eigenvalue weighted by Gasteiger charge is -2.07. The standard InChI is InChI=1S/C13H8Cl2N4O2/c1-19-11-9(12(20)18-13(19)21)16-8(10(15)17-11)6-3-2-4-7(14)5-6/h2-5H,1H3,(H,18,20,21). The first kappa shape index (κ1) is 13.8. The van der Waals surface area contributed by atoms with E-state index in [1.165, 1.54) is 11.6 Å². The minimum absolute atomic E-state index is 0.0384. The molecule has 2 aromatic heterocycles. The fraction of sp³-hybridized carbons (Fsp3) is 0.0769. The minimum atomic E-state index is -0.611. The summed E-state index contributed by atoms with van der Waals surface area (Å²) in [6, 6.07) is 6.87. The molecule has 0 amide bonds. The molecule has 0 radical (unpaired) electrons. The fourth-order valence-corrected chi connectivity index (χ4v) is 2.37. The van der Waals surface area contributed by atoms with Crippen molar-refractivity contribution in [1.82, 2.24) is 19.5 Å². The predicted molar refractivity (Wildman–Crippen MR) is 80.9 cm³/mol. The highest BCUT2D eigenvalue weighted by molar-refractivity contribution is 6.32. The van der Waals surface area contributed by atoms with Gasteiger partial charge in [-0.15, -0.1) is 0 Å². The van der Waals surface area contributed by atoms with Gasteiger partial charge in [-0.25, -0.2) is 14.8 Å². The van der Waals surface area contributed by atoms with Crippen molar-refractivity contribution in [1.29, 1.82) is 0 Å². The number of rotatable bonds is 1. The zero-order chi connectivity index (χ0) is 15.1. The summed E-state index contributed by atoms with van der Waals surface area (Å²) in [5, 5.41) is 0.602. The van der Waals surface area contributed by atoms with Crippen molar-refractivity contribution in [2.75, 3.05) is 0 Å². The third-order valence-corrected chi connectivity index (χ3v) is 3.49. The van der Waals surface area contributed by atoms with Crippen molar-refractivity contribution < 1.29 is 0 Å². The van der Waals surface area contributed by atoms with E-state index in [1.807, 2.05) is 0 Å². The first-order valence-electron chi connectivity index (χ1n) is 5.90. The Kier molecular flexibility index (Phi) is 3.27. The number of aryl methyl sites for hydroxylation is 1. The number of halogens is 2. The van der Waals surface area contributed by atoms with Gasteiger partial charge in [0.1, 0.15) is 5.69 Å². The second-order valence-corrected chi connectivity index (χ2v) is 5.16. The molecule has 0 saturated heterocycles. The zero-order valence-corrected chi connectivity index (χ0v) is 12.2. The first-order valence-corrected chi connectivity index (χ1v) is 6.65. The maximum Gasteiger partial charge on any atom is 0.329 e. The molecule has 1 aromatic carbocycles. The van der Waals surface area contributed by atoms with Gasteiger partial charge in [0.2, 0.25) is 0 Å². The lowest BCUT2D eigenvalue weighted by atomic mass is 10.1.